The van der Waals surface area contributed by atoms with Gasteiger partial charge in [0.1, 0.15) is 11.4 Å². The summed E-state index contributed by atoms with van der Waals surface area (Å²) in [5.74, 6) is 1.42. The second-order valence-corrected chi connectivity index (χ2v) is 4.37. The number of aromatic nitrogens is 1. The summed E-state index contributed by atoms with van der Waals surface area (Å²) < 4.78 is 14.2. The van der Waals surface area contributed by atoms with Crippen molar-refractivity contribution in [3.05, 3.63) is 69.9 Å². The van der Waals surface area contributed by atoms with Gasteiger partial charge in [-0.2, -0.15) is 0 Å². The first kappa shape index (κ1) is 14.5. The first-order chi connectivity index (χ1) is 10.1. The fraction of sp³-hybridized carbons (Fsp3) is 0.125. The van der Waals surface area contributed by atoms with Crippen molar-refractivity contribution in [1.82, 2.24) is 9.88 Å². The lowest BCUT2D eigenvalue weighted by molar-refractivity contribution is 0.0956. The number of terminal acetylenes is 1. The SMILES string of the molecule is C#CCNC(=O)c1cccn(Cc2ccc(F)cc2)c1=O. The summed E-state index contributed by atoms with van der Waals surface area (Å²) in [6, 6.07) is 8.87. The number of nitrogens with zero attached hydrogens (tertiary/aromatic N) is 1. The molecule has 0 saturated heterocycles. The van der Waals surface area contributed by atoms with Crippen LogP contribution in [0.5, 0.6) is 0 Å². The molecule has 4 nitrogen and oxygen atoms in total. The molecule has 0 atom stereocenters. The van der Waals surface area contributed by atoms with Crippen molar-refractivity contribution in [2.24, 2.45) is 0 Å². The summed E-state index contributed by atoms with van der Waals surface area (Å²) in [5.41, 5.74) is 0.367. The fourth-order valence-electron chi connectivity index (χ4n) is 1.85. The zero-order valence-electron chi connectivity index (χ0n) is 11.2. The van der Waals surface area contributed by atoms with Gasteiger partial charge in [-0.15, -0.1) is 6.42 Å². The van der Waals surface area contributed by atoms with Crippen LogP contribution >= 0.6 is 0 Å². The molecule has 0 saturated carbocycles. The quantitative estimate of drug-likeness (QED) is 0.863. The van der Waals surface area contributed by atoms with Crippen molar-refractivity contribution in [1.29, 1.82) is 0 Å². The molecule has 2 rings (SSSR count). The van der Waals surface area contributed by atoms with Crippen molar-refractivity contribution >= 4 is 5.91 Å². The molecule has 0 aliphatic rings. The van der Waals surface area contributed by atoms with E-state index >= 15 is 0 Å². The minimum Gasteiger partial charge on any atom is -0.341 e. The molecule has 0 fully saturated rings. The number of rotatable bonds is 4. The molecule has 0 unspecified atom stereocenters. The molecular weight excluding hydrogens is 271 g/mol. The summed E-state index contributed by atoms with van der Waals surface area (Å²) in [5, 5.41) is 2.45. The van der Waals surface area contributed by atoms with E-state index in [0.29, 0.717) is 0 Å². The number of hydrogen-bond acceptors (Lipinski definition) is 2. The second-order valence-electron chi connectivity index (χ2n) is 4.37. The van der Waals surface area contributed by atoms with Gasteiger partial charge in [0.25, 0.3) is 11.5 Å². The Morgan fingerprint density at radius 1 is 1.29 bits per heavy atom. The number of amides is 1. The predicted molar refractivity (Wildman–Crippen MR) is 77.4 cm³/mol. The maximum absolute atomic E-state index is 12.9. The highest BCUT2D eigenvalue weighted by atomic mass is 19.1. The predicted octanol–water partition coefficient (Wildman–Crippen LogP) is 1.40. The molecule has 0 spiro atoms. The van der Waals surface area contributed by atoms with Gasteiger partial charge in [-0.3, -0.25) is 9.59 Å². The first-order valence-corrected chi connectivity index (χ1v) is 6.27. The monoisotopic (exact) mass is 284 g/mol. The standard InChI is InChI=1S/C16H13FN2O2/c1-2-9-18-15(20)14-4-3-10-19(16(14)21)11-12-5-7-13(17)8-6-12/h1,3-8,10H,9,11H2,(H,18,20). The maximum Gasteiger partial charge on any atom is 0.263 e. The summed E-state index contributed by atoms with van der Waals surface area (Å²) in [6.45, 7) is 0.320. The van der Waals surface area contributed by atoms with Gasteiger partial charge in [-0.1, -0.05) is 18.1 Å². The van der Waals surface area contributed by atoms with Crippen LogP contribution in [0.2, 0.25) is 0 Å². The van der Waals surface area contributed by atoms with Crippen LogP contribution in [-0.2, 0) is 6.54 Å². The lowest BCUT2D eigenvalue weighted by atomic mass is 10.2. The Bertz CT molecular complexity index is 742. The third kappa shape index (κ3) is 3.57. The van der Waals surface area contributed by atoms with Crippen LogP contribution in [0.15, 0.2) is 47.4 Å². The Balaban J connectivity index is 2.26. The van der Waals surface area contributed by atoms with Crippen molar-refractivity contribution in [3.8, 4) is 12.3 Å². The number of nitrogens with one attached hydrogen (secondary N) is 1. The highest BCUT2D eigenvalue weighted by Crippen LogP contribution is 2.04. The molecule has 1 heterocycles. The van der Waals surface area contributed by atoms with Crippen molar-refractivity contribution < 1.29 is 9.18 Å². The molecule has 0 radical (unpaired) electrons. The van der Waals surface area contributed by atoms with E-state index in [2.05, 4.69) is 11.2 Å². The van der Waals surface area contributed by atoms with E-state index in [1.54, 1.807) is 24.4 Å². The summed E-state index contributed by atoms with van der Waals surface area (Å²) in [6.07, 6.45) is 6.63. The van der Waals surface area contributed by atoms with Gasteiger partial charge < -0.3 is 9.88 Å². The molecular formula is C16H13FN2O2. The third-order valence-electron chi connectivity index (χ3n) is 2.88. The van der Waals surface area contributed by atoms with Gasteiger partial charge in [-0.05, 0) is 29.8 Å². The number of pyridine rings is 1. The average Bonchev–Trinajstić information content (AvgIpc) is 2.49. The molecule has 2 aromatic rings. The highest BCUT2D eigenvalue weighted by Gasteiger charge is 2.11. The molecule has 1 aromatic carbocycles. The summed E-state index contributed by atoms with van der Waals surface area (Å²) in [4.78, 5) is 24.0. The van der Waals surface area contributed by atoms with Crippen LogP contribution in [-0.4, -0.2) is 17.0 Å². The normalized spacial score (nSPS) is 9.90. The lowest BCUT2D eigenvalue weighted by Crippen LogP contribution is -2.33. The second kappa shape index (κ2) is 6.53. The summed E-state index contributed by atoms with van der Waals surface area (Å²) in [7, 11) is 0. The van der Waals surface area contributed by atoms with Crippen LogP contribution in [0.1, 0.15) is 15.9 Å². The average molecular weight is 284 g/mol. The molecule has 106 valence electrons. The number of carbonyl (C=O) groups is 1. The molecule has 1 N–H and O–H groups in total. The van der Waals surface area contributed by atoms with E-state index in [4.69, 9.17) is 6.42 Å². The Labute approximate surface area is 121 Å². The van der Waals surface area contributed by atoms with E-state index in [9.17, 15) is 14.0 Å². The van der Waals surface area contributed by atoms with Crippen LogP contribution in [0.4, 0.5) is 4.39 Å². The molecule has 0 aliphatic heterocycles. The van der Waals surface area contributed by atoms with Gasteiger partial charge in [0.05, 0.1) is 13.1 Å². The van der Waals surface area contributed by atoms with Crippen LogP contribution in [0.3, 0.4) is 0 Å². The van der Waals surface area contributed by atoms with E-state index in [1.807, 2.05) is 0 Å². The molecule has 1 aromatic heterocycles. The topological polar surface area (TPSA) is 51.1 Å². The van der Waals surface area contributed by atoms with Gasteiger partial charge in [0.15, 0.2) is 0 Å². The van der Waals surface area contributed by atoms with Gasteiger partial charge in [-0.25, -0.2) is 4.39 Å². The maximum atomic E-state index is 12.9. The number of halogens is 1. The third-order valence-corrected chi connectivity index (χ3v) is 2.88. The molecule has 0 bridgehead atoms. The number of benzene rings is 1. The molecule has 0 aliphatic carbocycles. The van der Waals surface area contributed by atoms with Gasteiger partial charge in [0, 0.05) is 6.20 Å². The number of hydrogen-bond donors (Lipinski definition) is 1. The Hall–Kier alpha value is -2.87. The number of carbonyl (C=O) groups excluding carboxylic acids is 1. The zero-order chi connectivity index (χ0) is 15.2. The van der Waals surface area contributed by atoms with E-state index in [0.717, 1.165) is 5.56 Å². The van der Waals surface area contributed by atoms with E-state index in [-0.39, 0.29) is 24.5 Å². The Morgan fingerprint density at radius 3 is 2.67 bits per heavy atom. The molecule has 1 amide bonds. The van der Waals surface area contributed by atoms with E-state index < -0.39 is 11.5 Å². The Kier molecular flexibility index (Phi) is 4.52. The minimum atomic E-state index is -0.508. The highest BCUT2D eigenvalue weighted by molar-refractivity contribution is 5.93. The van der Waals surface area contributed by atoms with Crippen LogP contribution in [0, 0.1) is 18.2 Å². The van der Waals surface area contributed by atoms with E-state index in [1.165, 1.54) is 22.8 Å². The van der Waals surface area contributed by atoms with Gasteiger partial charge in [0.2, 0.25) is 0 Å². The largest absolute Gasteiger partial charge is 0.341 e. The minimum absolute atomic E-state index is 0.0230. The summed E-state index contributed by atoms with van der Waals surface area (Å²) >= 11 is 0. The van der Waals surface area contributed by atoms with Crippen LogP contribution < -0.4 is 10.9 Å². The first-order valence-electron chi connectivity index (χ1n) is 6.27. The van der Waals surface area contributed by atoms with Crippen LogP contribution in [0.25, 0.3) is 0 Å². The fourth-order valence-corrected chi connectivity index (χ4v) is 1.85. The molecule has 5 heteroatoms. The smallest absolute Gasteiger partial charge is 0.263 e. The molecule has 21 heavy (non-hydrogen) atoms. The lowest BCUT2D eigenvalue weighted by Gasteiger charge is -2.08. The Morgan fingerprint density at radius 2 is 2.00 bits per heavy atom. The van der Waals surface area contributed by atoms with Gasteiger partial charge >= 0.3 is 0 Å². The zero-order valence-corrected chi connectivity index (χ0v) is 11.2. The van der Waals surface area contributed by atoms with Crippen molar-refractivity contribution in [2.75, 3.05) is 6.54 Å². The van der Waals surface area contributed by atoms with Crippen molar-refractivity contribution in [2.45, 2.75) is 6.54 Å². The van der Waals surface area contributed by atoms with Crippen molar-refractivity contribution in [3.63, 3.8) is 0 Å².